The molecule has 27 heavy (non-hydrogen) atoms. The molecule has 0 amide bonds. The molecule has 0 saturated carbocycles. The number of methoxy groups -OCH3 is 1. The largest absolute Gasteiger partial charge is 1.00 e. The summed E-state index contributed by atoms with van der Waals surface area (Å²) >= 11 is 0. The Morgan fingerprint density at radius 3 is 2.37 bits per heavy atom. The van der Waals surface area contributed by atoms with Crippen LogP contribution < -0.4 is 66.0 Å². The van der Waals surface area contributed by atoms with Crippen LogP contribution in [0.1, 0.15) is 16.1 Å². The first kappa shape index (κ1) is 21.8. The van der Waals surface area contributed by atoms with Gasteiger partial charge in [0.1, 0.15) is 5.75 Å². The van der Waals surface area contributed by atoms with Crippen LogP contribution in [0.5, 0.6) is 5.75 Å². The second-order valence-corrected chi connectivity index (χ2v) is 7.30. The molecular formula is C18H15KN2O5S. The van der Waals surface area contributed by atoms with Crippen LogP contribution in [0.3, 0.4) is 0 Å². The van der Waals surface area contributed by atoms with Crippen LogP contribution in [0.25, 0.3) is 10.9 Å². The number of carbonyl (C=O) groups excluding carboxylic acids is 1. The minimum Gasteiger partial charge on any atom is -0.545 e. The van der Waals surface area contributed by atoms with Gasteiger partial charge in [0.15, 0.2) is 0 Å². The molecule has 3 aromatic rings. The van der Waals surface area contributed by atoms with Crippen molar-refractivity contribution in [3.63, 3.8) is 0 Å². The zero-order valence-corrected chi connectivity index (χ0v) is 19.0. The van der Waals surface area contributed by atoms with E-state index in [1.807, 2.05) is 12.1 Å². The maximum Gasteiger partial charge on any atom is 1.00 e. The second kappa shape index (κ2) is 8.68. The van der Waals surface area contributed by atoms with Gasteiger partial charge in [-0.1, -0.05) is 18.2 Å². The molecule has 2 aromatic carbocycles. The van der Waals surface area contributed by atoms with E-state index in [0.717, 1.165) is 11.1 Å². The van der Waals surface area contributed by atoms with E-state index in [1.165, 1.54) is 31.4 Å². The second-order valence-electron chi connectivity index (χ2n) is 5.62. The van der Waals surface area contributed by atoms with Gasteiger partial charge in [-0.05, 0) is 36.8 Å². The summed E-state index contributed by atoms with van der Waals surface area (Å²) in [6, 6.07) is 11.7. The molecule has 134 valence electrons. The molecule has 0 unspecified atom stereocenters. The molecular weight excluding hydrogens is 395 g/mol. The fourth-order valence-corrected chi connectivity index (χ4v) is 3.53. The average molecular weight is 410 g/mol. The van der Waals surface area contributed by atoms with Gasteiger partial charge >= 0.3 is 51.4 Å². The molecule has 0 aliphatic carbocycles. The summed E-state index contributed by atoms with van der Waals surface area (Å²) in [5.41, 5.74) is 1.39. The number of ether oxygens (including phenoxy) is 1. The third-order valence-electron chi connectivity index (χ3n) is 3.79. The predicted octanol–water partition coefficient (Wildman–Crippen LogP) is -1.28. The fraction of sp³-hybridized carbons (Fsp3) is 0.111. The molecule has 0 bridgehead atoms. The van der Waals surface area contributed by atoms with Gasteiger partial charge in [-0.3, -0.25) is 9.71 Å². The predicted molar refractivity (Wildman–Crippen MR) is 94.6 cm³/mol. The Morgan fingerprint density at radius 1 is 1.11 bits per heavy atom. The number of aromatic nitrogens is 1. The van der Waals surface area contributed by atoms with Crippen molar-refractivity contribution in [2.75, 3.05) is 11.8 Å². The summed E-state index contributed by atoms with van der Waals surface area (Å²) in [6.45, 7) is 1.81. The normalized spacial score (nSPS) is 10.9. The molecule has 9 heteroatoms. The van der Waals surface area contributed by atoms with Crippen LogP contribution in [0.2, 0.25) is 0 Å². The van der Waals surface area contributed by atoms with Crippen LogP contribution in [0, 0.1) is 6.92 Å². The summed E-state index contributed by atoms with van der Waals surface area (Å²) in [7, 11) is -2.46. The van der Waals surface area contributed by atoms with Gasteiger partial charge in [-0.15, -0.1) is 0 Å². The summed E-state index contributed by atoms with van der Waals surface area (Å²) in [6.07, 6.45) is 0. The Labute approximate surface area is 199 Å². The van der Waals surface area contributed by atoms with Gasteiger partial charge in [-0.2, -0.15) is 0 Å². The first-order valence-electron chi connectivity index (χ1n) is 7.60. The van der Waals surface area contributed by atoms with Gasteiger partial charge in [-0.25, -0.2) is 8.42 Å². The molecule has 0 aliphatic heterocycles. The number of hydrogen-bond acceptors (Lipinski definition) is 6. The molecule has 3 rings (SSSR count). The first-order chi connectivity index (χ1) is 12.3. The maximum atomic E-state index is 12.7. The summed E-state index contributed by atoms with van der Waals surface area (Å²) < 4.78 is 33.1. The molecule has 1 aromatic heterocycles. The van der Waals surface area contributed by atoms with Crippen molar-refractivity contribution < 1.29 is 74.4 Å². The van der Waals surface area contributed by atoms with E-state index in [9.17, 15) is 18.3 Å². The van der Waals surface area contributed by atoms with Gasteiger partial charge in [0.2, 0.25) is 0 Å². The van der Waals surface area contributed by atoms with Gasteiger partial charge in [0.25, 0.3) is 10.0 Å². The van der Waals surface area contributed by atoms with E-state index in [1.54, 1.807) is 19.1 Å². The van der Waals surface area contributed by atoms with Crippen molar-refractivity contribution in [2.45, 2.75) is 11.8 Å². The van der Waals surface area contributed by atoms with Crippen molar-refractivity contribution >= 4 is 32.6 Å². The number of sulfonamides is 1. The number of hydrogen-bond donors (Lipinski definition) is 1. The number of carbonyl (C=O) groups is 1. The van der Waals surface area contributed by atoms with E-state index < -0.39 is 16.0 Å². The van der Waals surface area contributed by atoms with E-state index in [0.29, 0.717) is 11.3 Å². The summed E-state index contributed by atoms with van der Waals surface area (Å²) in [5.74, 6) is -0.895. The van der Waals surface area contributed by atoms with Crippen LogP contribution in [0.15, 0.2) is 53.4 Å². The Balaban J connectivity index is 0.00000261. The minimum absolute atomic E-state index is 0. The number of carboxylic acids is 1. The van der Waals surface area contributed by atoms with Crippen LogP contribution in [-0.4, -0.2) is 26.5 Å². The molecule has 0 saturated heterocycles. The number of fused-ring (bicyclic) bond motifs is 1. The van der Waals surface area contributed by atoms with Crippen molar-refractivity contribution in [3.05, 3.63) is 59.8 Å². The molecule has 0 aliphatic rings. The summed E-state index contributed by atoms with van der Waals surface area (Å²) in [4.78, 5) is 15.1. The number of carboxylic acid groups (broad SMARTS) is 1. The summed E-state index contributed by atoms with van der Waals surface area (Å²) in [5, 5.41) is 11.5. The van der Waals surface area contributed by atoms with E-state index in [-0.39, 0.29) is 67.5 Å². The first-order valence-corrected chi connectivity index (χ1v) is 9.08. The molecule has 0 fully saturated rings. The van der Waals surface area contributed by atoms with Crippen molar-refractivity contribution in [3.8, 4) is 5.75 Å². The molecule has 1 N–H and O–H groups in total. The minimum atomic E-state index is -3.94. The Bertz CT molecular complexity index is 1100. The van der Waals surface area contributed by atoms with Crippen molar-refractivity contribution in [1.29, 1.82) is 0 Å². The Hall–Kier alpha value is -1.49. The molecule has 0 atom stereocenters. The van der Waals surface area contributed by atoms with Gasteiger partial charge in [0.05, 0.1) is 29.2 Å². The van der Waals surface area contributed by atoms with Crippen LogP contribution in [-0.2, 0) is 10.0 Å². The topological polar surface area (TPSA) is 108 Å². The SMILES string of the molecule is COc1cc(NS(=O)(=O)c2ccc(C(=O)[O-])cc2)c2nc(C)ccc2c1.[K+]. The molecule has 0 radical (unpaired) electrons. The van der Waals surface area contributed by atoms with E-state index >= 15 is 0 Å². The number of pyridine rings is 1. The third kappa shape index (κ3) is 4.87. The van der Waals surface area contributed by atoms with Crippen LogP contribution >= 0.6 is 0 Å². The number of rotatable bonds is 5. The number of benzene rings is 2. The Kier molecular flexibility index (Phi) is 7.01. The molecule has 1 heterocycles. The van der Waals surface area contributed by atoms with Crippen molar-refractivity contribution in [1.82, 2.24) is 4.98 Å². The number of aromatic carboxylic acids is 1. The van der Waals surface area contributed by atoms with E-state index in [4.69, 9.17) is 4.74 Å². The zero-order valence-electron chi connectivity index (χ0n) is 15.0. The van der Waals surface area contributed by atoms with Gasteiger partial charge < -0.3 is 14.6 Å². The fourth-order valence-electron chi connectivity index (χ4n) is 2.47. The Morgan fingerprint density at radius 2 is 1.78 bits per heavy atom. The monoisotopic (exact) mass is 410 g/mol. The molecule has 0 spiro atoms. The smallest absolute Gasteiger partial charge is 0.545 e. The number of nitrogens with zero attached hydrogens (tertiary/aromatic N) is 1. The quantitative estimate of drug-likeness (QED) is 0.525. The number of nitrogens with one attached hydrogen (secondary N) is 1. The van der Waals surface area contributed by atoms with Crippen LogP contribution in [0.4, 0.5) is 5.69 Å². The van der Waals surface area contributed by atoms with E-state index in [2.05, 4.69) is 9.71 Å². The van der Waals surface area contributed by atoms with Gasteiger partial charge in [0, 0.05) is 17.1 Å². The number of anilines is 1. The van der Waals surface area contributed by atoms with Crippen molar-refractivity contribution in [2.24, 2.45) is 0 Å². The average Bonchev–Trinajstić information content (AvgIpc) is 2.61. The number of aryl methyl sites for hydroxylation is 1. The third-order valence-corrected chi connectivity index (χ3v) is 5.17. The molecule has 7 nitrogen and oxygen atoms in total. The zero-order chi connectivity index (χ0) is 18.9. The maximum absolute atomic E-state index is 12.7. The standard InChI is InChI=1S/C18H16N2O5S.K/c1-11-3-4-13-9-14(25-2)10-16(17(13)19-11)20-26(23,24)15-7-5-12(6-8-15)18(21)22;/h3-10,20H,1-2H3,(H,21,22);/q;+1/p-1.